The van der Waals surface area contributed by atoms with Crippen LogP contribution in [0.5, 0.6) is 17.2 Å². The summed E-state index contributed by atoms with van der Waals surface area (Å²) in [5, 5.41) is 0. The zero-order chi connectivity index (χ0) is 18.4. The van der Waals surface area contributed by atoms with Gasteiger partial charge in [0.15, 0.2) is 17.6 Å². The molecule has 1 heterocycles. The van der Waals surface area contributed by atoms with E-state index in [1.54, 1.807) is 7.11 Å². The number of nitrogens with zero attached hydrogens (tertiary/aromatic N) is 1. The number of likely N-dealkylation sites (N-methyl/N-ethyl adjacent to an activating group) is 1. The zero-order valence-electron chi connectivity index (χ0n) is 15.3. The van der Waals surface area contributed by atoms with Crippen LogP contribution in [0.1, 0.15) is 18.9 Å². The predicted octanol–water partition coefficient (Wildman–Crippen LogP) is 3.32. The van der Waals surface area contributed by atoms with E-state index < -0.39 is 0 Å². The lowest BCUT2D eigenvalue weighted by molar-refractivity contribution is -0.132. The molecule has 3 rings (SSSR count). The second kappa shape index (κ2) is 8.61. The standard InChI is InChI=1S/C21H25NO4/c1-3-22(14-18-15-25-19-6-4-5-7-20(19)26-18)21(23)13-10-16-8-11-17(24-2)12-9-16/h4-9,11-12,18H,3,10,13-15H2,1-2H3. The van der Waals surface area contributed by atoms with Crippen molar-refractivity contribution in [3.05, 3.63) is 54.1 Å². The molecule has 26 heavy (non-hydrogen) atoms. The number of aryl methyl sites for hydroxylation is 1. The third-order valence-corrected chi connectivity index (χ3v) is 4.51. The normalized spacial score (nSPS) is 15.4. The minimum atomic E-state index is -0.144. The van der Waals surface area contributed by atoms with Crippen molar-refractivity contribution in [3.8, 4) is 17.2 Å². The van der Waals surface area contributed by atoms with E-state index in [9.17, 15) is 4.79 Å². The van der Waals surface area contributed by atoms with Crippen molar-refractivity contribution in [2.45, 2.75) is 25.9 Å². The number of para-hydroxylation sites is 2. The Bertz CT molecular complexity index is 729. The average Bonchev–Trinajstić information content (AvgIpc) is 2.70. The maximum atomic E-state index is 12.6. The van der Waals surface area contributed by atoms with Gasteiger partial charge in [-0.05, 0) is 43.2 Å². The molecular formula is C21H25NO4. The molecule has 5 heteroatoms. The molecule has 1 aliphatic heterocycles. The fourth-order valence-corrected chi connectivity index (χ4v) is 3.01. The van der Waals surface area contributed by atoms with E-state index in [1.807, 2.05) is 60.4 Å². The summed E-state index contributed by atoms with van der Waals surface area (Å²) < 4.78 is 16.9. The number of carbonyl (C=O) groups excluding carboxylic acids is 1. The van der Waals surface area contributed by atoms with Crippen LogP contribution >= 0.6 is 0 Å². The van der Waals surface area contributed by atoms with E-state index in [0.29, 0.717) is 32.5 Å². The molecule has 0 aromatic heterocycles. The molecule has 1 amide bonds. The van der Waals surface area contributed by atoms with E-state index in [2.05, 4.69) is 0 Å². The minimum absolute atomic E-state index is 0.130. The number of fused-ring (bicyclic) bond motifs is 1. The van der Waals surface area contributed by atoms with Crippen molar-refractivity contribution in [1.82, 2.24) is 4.90 Å². The van der Waals surface area contributed by atoms with Crippen LogP contribution in [0.3, 0.4) is 0 Å². The Morgan fingerprint density at radius 1 is 1.15 bits per heavy atom. The summed E-state index contributed by atoms with van der Waals surface area (Å²) in [5.74, 6) is 2.46. The monoisotopic (exact) mass is 355 g/mol. The lowest BCUT2D eigenvalue weighted by Crippen LogP contribution is -2.43. The second-order valence-electron chi connectivity index (χ2n) is 6.28. The maximum Gasteiger partial charge on any atom is 0.223 e. The third kappa shape index (κ3) is 4.48. The van der Waals surface area contributed by atoms with E-state index in [4.69, 9.17) is 14.2 Å². The highest BCUT2D eigenvalue weighted by molar-refractivity contribution is 5.76. The largest absolute Gasteiger partial charge is 0.497 e. The van der Waals surface area contributed by atoms with Crippen LogP contribution in [0.25, 0.3) is 0 Å². The van der Waals surface area contributed by atoms with Gasteiger partial charge in [0.2, 0.25) is 5.91 Å². The lowest BCUT2D eigenvalue weighted by Gasteiger charge is -2.31. The van der Waals surface area contributed by atoms with Gasteiger partial charge in [-0.25, -0.2) is 0 Å². The van der Waals surface area contributed by atoms with Crippen molar-refractivity contribution in [2.75, 3.05) is 26.8 Å². The van der Waals surface area contributed by atoms with Crippen molar-refractivity contribution >= 4 is 5.91 Å². The molecule has 0 radical (unpaired) electrons. The van der Waals surface area contributed by atoms with Gasteiger partial charge < -0.3 is 19.1 Å². The van der Waals surface area contributed by atoms with Gasteiger partial charge in [-0.3, -0.25) is 4.79 Å². The zero-order valence-corrected chi connectivity index (χ0v) is 15.3. The summed E-state index contributed by atoms with van der Waals surface area (Å²) >= 11 is 0. The van der Waals surface area contributed by atoms with Crippen LogP contribution in [-0.2, 0) is 11.2 Å². The third-order valence-electron chi connectivity index (χ3n) is 4.51. The van der Waals surface area contributed by atoms with Crippen molar-refractivity contribution in [2.24, 2.45) is 0 Å². The quantitative estimate of drug-likeness (QED) is 0.764. The number of benzene rings is 2. The van der Waals surface area contributed by atoms with Gasteiger partial charge >= 0.3 is 0 Å². The molecule has 2 aromatic carbocycles. The molecule has 1 aliphatic rings. The molecule has 5 nitrogen and oxygen atoms in total. The van der Waals surface area contributed by atoms with Crippen LogP contribution in [-0.4, -0.2) is 43.7 Å². The summed E-state index contributed by atoms with van der Waals surface area (Å²) in [6, 6.07) is 15.5. The van der Waals surface area contributed by atoms with Crippen molar-refractivity contribution in [1.29, 1.82) is 0 Å². The summed E-state index contributed by atoms with van der Waals surface area (Å²) in [4.78, 5) is 14.4. The summed E-state index contributed by atoms with van der Waals surface area (Å²) in [5.41, 5.74) is 1.13. The molecule has 0 saturated carbocycles. The first kappa shape index (κ1) is 18.1. The number of ether oxygens (including phenoxy) is 3. The summed E-state index contributed by atoms with van der Waals surface area (Å²) in [6.45, 7) is 3.64. The number of amides is 1. The van der Waals surface area contributed by atoms with E-state index >= 15 is 0 Å². The van der Waals surface area contributed by atoms with Gasteiger partial charge in [-0.15, -0.1) is 0 Å². The van der Waals surface area contributed by atoms with Gasteiger partial charge in [0.05, 0.1) is 13.7 Å². The molecule has 0 fully saturated rings. The highest BCUT2D eigenvalue weighted by atomic mass is 16.6. The summed E-state index contributed by atoms with van der Waals surface area (Å²) in [7, 11) is 1.65. The first-order chi connectivity index (χ1) is 12.7. The Hall–Kier alpha value is -2.69. The molecular weight excluding hydrogens is 330 g/mol. The second-order valence-corrected chi connectivity index (χ2v) is 6.28. The molecule has 0 bridgehead atoms. The molecule has 2 aromatic rings. The molecule has 0 spiro atoms. The number of hydrogen-bond acceptors (Lipinski definition) is 4. The Morgan fingerprint density at radius 3 is 2.58 bits per heavy atom. The number of hydrogen-bond donors (Lipinski definition) is 0. The van der Waals surface area contributed by atoms with Crippen LogP contribution in [0.2, 0.25) is 0 Å². The molecule has 1 unspecified atom stereocenters. The summed E-state index contributed by atoms with van der Waals surface area (Å²) in [6.07, 6.45) is 1.05. The molecule has 0 aliphatic carbocycles. The van der Waals surface area contributed by atoms with Gasteiger partial charge in [-0.2, -0.15) is 0 Å². The van der Waals surface area contributed by atoms with Crippen LogP contribution < -0.4 is 14.2 Å². The SMILES string of the molecule is CCN(CC1COc2ccccc2O1)C(=O)CCc1ccc(OC)cc1. The van der Waals surface area contributed by atoms with Crippen molar-refractivity contribution < 1.29 is 19.0 Å². The van der Waals surface area contributed by atoms with Gasteiger partial charge in [0.25, 0.3) is 0 Å². The van der Waals surface area contributed by atoms with Gasteiger partial charge in [0, 0.05) is 13.0 Å². The Labute approximate surface area is 154 Å². The Morgan fingerprint density at radius 2 is 1.88 bits per heavy atom. The topological polar surface area (TPSA) is 48.0 Å². The lowest BCUT2D eigenvalue weighted by atomic mass is 10.1. The first-order valence-corrected chi connectivity index (χ1v) is 8.98. The van der Waals surface area contributed by atoms with Crippen LogP contribution in [0, 0.1) is 0 Å². The van der Waals surface area contributed by atoms with Crippen molar-refractivity contribution in [3.63, 3.8) is 0 Å². The minimum Gasteiger partial charge on any atom is -0.497 e. The molecule has 0 N–H and O–H groups in total. The van der Waals surface area contributed by atoms with Crippen LogP contribution in [0.15, 0.2) is 48.5 Å². The average molecular weight is 355 g/mol. The fourth-order valence-electron chi connectivity index (χ4n) is 3.01. The van der Waals surface area contributed by atoms with E-state index in [-0.39, 0.29) is 12.0 Å². The molecule has 1 atom stereocenters. The highest BCUT2D eigenvalue weighted by Gasteiger charge is 2.24. The number of rotatable bonds is 7. The molecule has 138 valence electrons. The van der Waals surface area contributed by atoms with E-state index in [0.717, 1.165) is 22.8 Å². The highest BCUT2D eigenvalue weighted by Crippen LogP contribution is 2.31. The molecule has 0 saturated heterocycles. The van der Waals surface area contributed by atoms with Gasteiger partial charge in [0.1, 0.15) is 12.4 Å². The smallest absolute Gasteiger partial charge is 0.223 e. The number of carbonyl (C=O) groups is 1. The fraction of sp³-hybridized carbons (Fsp3) is 0.381. The van der Waals surface area contributed by atoms with E-state index in [1.165, 1.54) is 0 Å². The Kier molecular flexibility index (Phi) is 6.00. The number of methoxy groups -OCH3 is 1. The predicted molar refractivity (Wildman–Crippen MR) is 99.9 cm³/mol. The first-order valence-electron chi connectivity index (χ1n) is 8.98. The van der Waals surface area contributed by atoms with Crippen LogP contribution in [0.4, 0.5) is 0 Å². The maximum absolute atomic E-state index is 12.6. The Balaban J connectivity index is 1.52. The van der Waals surface area contributed by atoms with Gasteiger partial charge in [-0.1, -0.05) is 24.3 Å².